The lowest BCUT2D eigenvalue weighted by Gasteiger charge is -2.16. The molecule has 1 aliphatic heterocycles. The van der Waals surface area contributed by atoms with Crippen molar-refractivity contribution in [2.45, 2.75) is 19.9 Å². The molecule has 0 bridgehead atoms. The Morgan fingerprint density at radius 1 is 1.22 bits per heavy atom. The molecule has 4 heterocycles. The fraction of sp³-hybridized carbons (Fsp3) is 0.217. The molecule has 1 aromatic carbocycles. The van der Waals surface area contributed by atoms with Crippen LogP contribution >= 0.6 is 0 Å². The summed E-state index contributed by atoms with van der Waals surface area (Å²) in [6.07, 6.45) is 2.65. The number of fused-ring (bicyclic) bond motifs is 1. The van der Waals surface area contributed by atoms with Crippen LogP contribution in [0.2, 0.25) is 0 Å². The van der Waals surface area contributed by atoms with Crippen LogP contribution < -0.4 is 15.4 Å². The monoisotopic (exact) mass is 430 g/mol. The third kappa shape index (κ3) is 3.52. The minimum Gasteiger partial charge on any atom is -0.479 e. The van der Waals surface area contributed by atoms with Gasteiger partial charge in [-0.2, -0.15) is 4.98 Å². The summed E-state index contributed by atoms with van der Waals surface area (Å²) in [5, 5.41) is 10.3. The number of pyridine rings is 1. The highest BCUT2D eigenvalue weighted by atomic mass is 16.5. The van der Waals surface area contributed by atoms with Gasteiger partial charge >= 0.3 is 0 Å². The Labute approximate surface area is 184 Å². The quantitative estimate of drug-likeness (QED) is 0.501. The van der Waals surface area contributed by atoms with Crippen molar-refractivity contribution >= 4 is 11.6 Å². The summed E-state index contributed by atoms with van der Waals surface area (Å²) in [6.45, 7) is 3.36. The number of benzene rings is 1. The van der Waals surface area contributed by atoms with Gasteiger partial charge in [0.25, 0.3) is 5.91 Å². The number of carbonyl (C=O) groups excluding carboxylic acids is 1. The first-order valence-electron chi connectivity index (χ1n) is 10.3. The molecular weight excluding hydrogens is 408 g/mol. The molecule has 0 fully saturated rings. The molecule has 0 aliphatic carbocycles. The predicted octanol–water partition coefficient (Wildman–Crippen LogP) is 3.14. The molecule has 5 rings (SSSR count). The summed E-state index contributed by atoms with van der Waals surface area (Å²) in [5.41, 5.74) is 4.26. The Morgan fingerprint density at radius 3 is 2.88 bits per heavy atom. The van der Waals surface area contributed by atoms with Crippen LogP contribution in [0.5, 0.6) is 5.88 Å². The molecule has 4 aromatic rings. The van der Waals surface area contributed by atoms with Crippen molar-refractivity contribution < 1.29 is 14.1 Å². The molecule has 1 amide bonds. The summed E-state index contributed by atoms with van der Waals surface area (Å²) in [5.74, 6) is 1.06. The highest BCUT2D eigenvalue weighted by Gasteiger charge is 2.23. The lowest BCUT2D eigenvalue weighted by atomic mass is 10.1. The van der Waals surface area contributed by atoms with Crippen LogP contribution in [0.4, 0.5) is 5.69 Å². The first kappa shape index (κ1) is 20.0. The maximum Gasteiger partial charge on any atom is 0.261 e. The van der Waals surface area contributed by atoms with Crippen LogP contribution in [0.15, 0.2) is 53.3 Å². The van der Waals surface area contributed by atoms with Gasteiger partial charge in [0.1, 0.15) is 34.9 Å². The van der Waals surface area contributed by atoms with Gasteiger partial charge in [-0.15, -0.1) is 0 Å². The van der Waals surface area contributed by atoms with E-state index in [0.29, 0.717) is 34.4 Å². The number of carbonyl (C=O) groups is 1. The lowest BCUT2D eigenvalue weighted by Crippen LogP contribution is -2.25. The van der Waals surface area contributed by atoms with Gasteiger partial charge in [0.05, 0.1) is 18.5 Å². The number of rotatable bonds is 5. The fourth-order valence-corrected chi connectivity index (χ4v) is 3.85. The average molecular weight is 430 g/mol. The highest BCUT2D eigenvalue weighted by Crippen LogP contribution is 2.29. The molecule has 3 aromatic heterocycles. The van der Waals surface area contributed by atoms with Gasteiger partial charge in [0, 0.05) is 25.1 Å². The summed E-state index contributed by atoms with van der Waals surface area (Å²) >= 11 is 0. The number of imidazole rings is 1. The zero-order valence-electron chi connectivity index (χ0n) is 17.8. The normalized spacial score (nSPS) is 12.9. The second-order valence-electron chi connectivity index (χ2n) is 7.44. The number of ether oxygens (including phenoxy) is 1. The Kier molecular flexibility index (Phi) is 5.16. The minimum absolute atomic E-state index is 0.303. The average Bonchev–Trinajstić information content (AvgIpc) is 3.43. The van der Waals surface area contributed by atoms with E-state index < -0.39 is 0 Å². The Balaban J connectivity index is 1.45. The maximum atomic E-state index is 13.1. The van der Waals surface area contributed by atoms with E-state index in [1.165, 1.54) is 7.11 Å². The van der Waals surface area contributed by atoms with Crippen molar-refractivity contribution in [1.29, 1.82) is 0 Å². The van der Waals surface area contributed by atoms with Crippen LogP contribution in [0.25, 0.3) is 17.1 Å². The van der Waals surface area contributed by atoms with Crippen LogP contribution in [0.3, 0.4) is 0 Å². The number of nitrogens with one attached hydrogen (secondary N) is 2. The number of methoxy groups -OCH3 is 1. The first-order chi connectivity index (χ1) is 15.7. The molecule has 9 heteroatoms. The number of aryl methyl sites for hydroxylation is 1. The van der Waals surface area contributed by atoms with Crippen LogP contribution in [0, 0.1) is 6.92 Å². The highest BCUT2D eigenvalue weighted by molar-refractivity contribution is 6.09. The SMILES string of the molecule is COc1nc(-n2cnc3c2CNCC3)ccc1NC(=O)c1c(-c2ccccc2)noc1C. The molecule has 0 saturated heterocycles. The molecule has 162 valence electrons. The van der Waals surface area contributed by atoms with E-state index in [2.05, 4.69) is 25.8 Å². The van der Waals surface area contributed by atoms with Gasteiger partial charge in [-0.05, 0) is 19.1 Å². The van der Waals surface area contributed by atoms with Crippen LogP contribution in [0.1, 0.15) is 27.5 Å². The molecule has 0 unspecified atom stereocenters. The molecular formula is C23H22N6O3. The second kappa shape index (κ2) is 8.27. The van der Waals surface area contributed by atoms with E-state index in [1.807, 2.05) is 41.0 Å². The minimum atomic E-state index is -0.348. The number of nitrogens with zero attached hydrogens (tertiary/aromatic N) is 4. The fourth-order valence-electron chi connectivity index (χ4n) is 3.85. The van der Waals surface area contributed by atoms with Crippen LogP contribution in [-0.2, 0) is 13.0 Å². The number of hydrogen-bond donors (Lipinski definition) is 2. The van der Waals surface area contributed by atoms with Crippen molar-refractivity contribution in [2.24, 2.45) is 0 Å². The maximum absolute atomic E-state index is 13.1. The van der Waals surface area contributed by atoms with Gasteiger partial charge in [0.2, 0.25) is 5.88 Å². The molecule has 0 radical (unpaired) electrons. The Bertz CT molecular complexity index is 1280. The third-order valence-electron chi connectivity index (χ3n) is 5.45. The van der Waals surface area contributed by atoms with Crippen LogP contribution in [-0.4, -0.2) is 39.3 Å². The van der Waals surface area contributed by atoms with E-state index in [9.17, 15) is 4.79 Å². The standard InChI is InChI=1S/C23H22N6O3/c1-14-20(21(28-32-14)15-6-4-3-5-7-15)22(30)26-17-8-9-19(27-23(17)31-2)29-13-25-16-10-11-24-12-18(16)29/h3-9,13,24H,10-12H2,1-2H3,(H,26,30). The van der Waals surface area contributed by atoms with E-state index in [1.54, 1.807) is 19.3 Å². The van der Waals surface area contributed by atoms with Crippen molar-refractivity contribution in [2.75, 3.05) is 19.0 Å². The number of hydrogen-bond acceptors (Lipinski definition) is 7. The predicted molar refractivity (Wildman–Crippen MR) is 118 cm³/mol. The van der Waals surface area contributed by atoms with E-state index in [-0.39, 0.29) is 5.91 Å². The number of amides is 1. The molecule has 1 aliphatic rings. The van der Waals surface area contributed by atoms with Gasteiger partial charge < -0.3 is 19.9 Å². The number of anilines is 1. The second-order valence-corrected chi connectivity index (χ2v) is 7.44. The molecule has 0 atom stereocenters. The summed E-state index contributed by atoms with van der Waals surface area (Å²) in [4.78, 5) is 22.2. The smallest absolute Gasteiger partial charge is 0.261 e. The van der Waals surface area contributed by atoms with Gasteiger partial charge in [-0.1, -0.05) is 35.5 Å². The largest absolute Gasteiger partial charge is 0.479 e. The van der Waals surface area contributed by atoms with Gasteiger partial charge in [-0.3, -0.25) is 9.36 Å². The summed E-state index contributed by atoms with van der Waals surface area (Å²) < 4.78 is 12.7. The van der Waals surface area contributed by atoms with Gasteiger partial charge in [-0.25, -0.2) is 4.98 Å². The third-order valence-corrected chi connectivity index (χ3v) is 5.45. The van der Waals surface area contributed by atoms with Crippen molar-refractivity contribution in [1.82, 2.24) is 25.0 Å². The molecule has 2 N–H and O–H groups in total. The van der Waals surface area contributed by atoms with Gasteiger partial charge in [0.15, 0.2) is 0 Å². The van der Waals surface area contributed by atoms with Crippen molar-refractivity contribution in [3.63, 3.8) is 0 Å². The Hall–Kier alpha value is -3.98. The lowest BCUT2D eigenvalue weighted by molar-refractivity contribution is 0.102. The zero-order chi connectivity index (χ0) is 22.1. The van der Waals surface area contributed by atoms with E-state index in [0.717, 1.165) is 36.5 Å². The summed E-state index contributed by atoms with van der Waals surface area (Å²) in [6, 6.07) is 13.0. The van der Waals surface area contributed by atoms with E-state index in [4.69, 9.17) is 9.26 Å². The molecule has 9 nitrogen and oxygen atoms in total. The zero-order valence-corrected chi connectivity index (χ0v) is 17.8. The Morgan fingerprint density at radius 2 is 2.06 bits per heavy atom. The molecule has 0 saturated carbocycles. The van der Waals surface area contributed by atoms with Crippen molar-refractivity contribution in [3.8, 4) is 23.0 Å². The topological polar surface area (TPSA) is 107 Å². The number of aromatic nitrogens is 4. The van der Waals surface area contributed by atoms with Crippen molar-refractivity contribution in [3.05, 3.63) is 71.5 Å². The molecule has 32 heavy (non-hydrogen) atoms. The first-order valence-corrected chi connectivity index (χ1v) is 10.3. The van der Waals surface area contributed by atoms with E-state index >= 15 is 0 Å². The molecule has 0 spiro atoms. The summed E-state index contributed by atoms with van der Waals surface area (Å²) in [7, 11) is 1.52.